The summed E-state index contributed by atoms with van der Waals surface area (Å²) in [6.45, 7) is 5.19. The van der Waals surface area contributed by atoms with Crippen molar-refractivity contribution >= 4 is 23.8 Å². The number of nitrogens with one attached hydrogen (secondary N) is 1. The molecule has 21 heavy (non-hydrogen) atoms. The van der Waals surface area contributed by atoms with Gasteiger partial charge in [-0.3, -0.25) is 4.79 Å². The Kier molecular flexibility index (Phi) is 5.41. The summed E-state index contributed by atoms with van der Waals surface area (Å²) in [5, 5.41) is 12.9. The molecule has 2 amide bonds. The lowest BCUT2D eigenvalue weighted by Crippen LogP contribution is -2.54. The molecule has 120 valence electrons. The maximum absolute atomic E-state index is 12.4. The fraction of sp³-hybridized carbons (Fsp3) is 0.867. The average Bonchev–Trinajstić information content (AvgIpc) is 2.48. The second kappa shape index (κ2) is 6.90. The number of rotatable bonds is 3. The fourth-order valence-corrected chi connectivity index (χ4v) is 4.36. The first kappa shape index (κ1) is 16.5. The van der Waals surface area contributed by atoms with Crippen LogP contribution in [-0.4, -0.2) is 52.1 Å². The third kappa shape index (κ3) is 3.65. The molecule has 1 saturated carbocycles. The van der Waals surface area contributed by atoms with Gasteiger partial charge in [-0.05, 0) is 19.8 Å². The highest BCUT2D eigenvalue weighted by Gasteiger charge is 2.40. The van der Waals surface area contributed by atoms with Gasteiger partial charge in [0.05, 0.1) is 5.41 Å². The highest BCUT2D eigenvalue weighted by molar-refractivity contribution is 8.00. The molecule has 0 aromatic carbocycles. The van der Waals surface area contributed by atoms with Gasteiger partial charge in [0.2, 0.25) is 0 Å². The molecular formula is C15H26N2O3S. The van der Waals surface area contributed by atoms with Gasteiger partial charge < -0.3 is 15.3 Å². The van der Waals surface area contributed by atoms with Crippen LogP contribution in [0.3, 0.4) is 0 Å². The average molecular weight is 314 g/mol. The highest BCUT2D eigenvalue weighted by atomic mass is 32.2. The van der Waals surface area contributed by atoms with E-state index in [-0.39, 0.29) is 18.6 Å². The Morgan fingerprint density at radius 3 is 2.57 bits per heavy atom. The molecule has 0 radical (unpaired) electrons. The molecule has 1 aliphatic heterocycles. The van der Waals surface area contributed by atoms with E-state index in [4.69, 9.17) is 0 Å². The topological polar surface area (TPSA) is 69.6 Å². The molecule has 0 aromatic heterocycles. The normalized spacial score (nSPS) is 29.0. The molecule has 0 spiro atoms. The van der Waals surface area contributed by atoms with E-state index in [9.17, 15) is 14.7 Å². The van der Waals surface area contributed by atoms with Crippen molar-refractivity contribution in [2.75, 3.05) is 18.8 Å². The summed E-state index contributed by atoms with van der Waals surface area (Å²) in [5.74, 6) is 0.182. The summed E-state index contributed by atoms with van der Waals surface area (Å²) in [6, 6.07) is 0.0803. The number of nitrogens with zero attached hydrogens (tertiary/aromatic N) is 1. The van der Waals surface area contributed by atoms with Crippen LogP contribution in [0, 0.1) is 5.41 Å². The van der Waals surface area contributed by atoms with Crippen molar-refractivity contribution in [1.82, 2.24) is 10.2 Å². The summed E-state index contributed by atoms with van der Waals surface area (Å²) in [5.41, 5.74) is -0.757. The van der Waals surface area contributed by atoms with E-state index >= 15 is 0 Å². The van der Waals surface area contributed by atoms with Crippen molar-refractivity contribution in [3.63, 3.8) is 0 Å². The first-order valence-corrected chi connectivity index (χ1v) is 8.91. The Morgan fingerprint density at radius 2 is 1.95 bits per heavy atom. The molecule has 2 atom stereocenters. The molecule has 0 aromatic rings. The first-order chi connectivity index (χ1) is 9.96. The molecule has 2 fully saturated rings. The third-order valence-electron chi connectivity index (χ3n) is 4.99. The maximum atomic E-state index is 12.4. The van der Waals surface area contributed by atoms with Gasteiger partial charge in [-0.2, -0.15) is 11.8 Å². The Balaban J connectivity index is 1.94. The Labute approximate surface area is 130 Å². The molecule has 1 saturated heterocycles. The second-order valence-electron chi connectivity index (χ2n) is 6.31. The maximum Gasteiger partial charge on any atom is 0.317 e. The number of carboxylic acid groups (broad SMARTS) is 1. The molecule has 2 unspecified atom stereocenters. The van der Waals surface area contributed by atoms with Gasteiger partial charge in [-0.25, -0.2) is 4.79 Å². The van der Waals surface area contributed by atoms with Crippen molar-refractivity contribution in [1.29, 1.82) is 0 Å². The number of thioether (sulfide) groups is 1. The lowest BCUT2D eigenvalue weighted by atomic mass is 9.74. The summed E-state index contributed by atoms with van der Waals surface area (Å²) < 4.78 is 0. The van der Waals surface area contributed by atoms with Crippen LogP contribution < -0.4 is 5.32 Å². The number of amides is 2. The van der Waals surface area contributed by atoms with Gasteiger partial charge >= 0.3 is 12.0 Å². The molecule has 6 heteroatoms. The molecule has 2 aliphatic rings. The number of urea groups is 1. The van der Waals surface area contributed by atoms with Crippen LogP contribution in [0.25, 0.3) is 0 Å². The molecule has 1 aliphatic carbocycles. The van der Waals surface area contributed by atoms with E-state index in [0.29, 0.717) is 18.1 Å². The zero-order valence-corrected chi connectivity index (χ0v) is 13.7. The number of hydrogen-bond acceptors (Lipinski definition) is 3. The number of carbonyl (C=O) groups excluding carboxylic acids is 1. The Morgan fingerprint density at radius 1 is 1.29 bits per heavy atom. The number of aliphatic carboxylic acids is 1. The zero-order chi connectivity index (χ0) is 15.5. The van der Waals surface area contributed by atoms with Crippen molar-refractivity contribution in [3.8, 4) is 0 Å². The summed E-state index contributed by atoms with van der Waals surface area (Å²) >= 11 is 1.88. The lowest BCUT2D eigenvalue weighted by Gasteiger charge is -2.39. The molecule has 5 nitrogen and oxygen atoms in total. The quantitative estimate of drug-likeness (QED) is 0.840. The van der Waals surface area contributed by atoms with Gasteiger partial charge in [0.25, 0.3) is 0 Å². The number of hydrogen-bond donors (Lipinski definition) is 2. The summed E-state index contributed by atoms with van der Waals surface area (Å²) in [7, 11) is 0. The van der Waals surface area contributed by atoms with Crippen LogP contribution >= 0.6 is 11.8 Å². The van der Waals surface area contributed by atoms with E-state index < -0.39 is 11.4 Å². The SMILES string of the molecule is CC1SCCN(C(=O)NCC2(C(=O)O)CCCCC2)C1C. The van der Waals surface area contributed by atoms with Crippen LogP contribution in [0.2, 0.25) is 0 Å². The second-order valence-corrected chi connectivity index (χ2v) is 7.80. The van der Waals surface area contributed by atoms with Crippen molar-refractivity contribution in [2.45, 2.75) is 57.2 Å². The monoisotopic (exact) mass is 314 g/mol. The van der Waals surface area contributed by atoms with E-state index in [2.05, 4.69) is 19.2 Å². The standard InChI is InChI=1S/C15H26N2O3S/c1-11-12(2)21-9-8-17(11)14(20)16-10-15(13(18)19)6-4-3-5-7-15/h11-12H,3-10H2,1-2H3,(H,16,20)(H,18,19). The van der Waals surface area contributed by atoms with Crippen LogP contribution in [-0.2, 0) is 4.79 Å². The minimum Gasteiger partial charge on any atom is -0.481 e. The predicted molar refractivity (Wildman–Crippen MR) is 84.6 cm³/mol. The van der Waals surface area contributed by atoms with E-state index in [0.717, 1.165) is 31.6 Å². The van der Waals surface area contributed by atoms with Crippen molar-refractivity contribution in [3.05, 3.63) is 0 Å². The van der Waals surface area contributed by atoms with Gasteiger partial charge in [-0.1, -0.05) is 26.2 Å². The third-order valence-corrected chi connectivity index (χ3v) is 6.33. The summed E-state index contributed by atoms with van der Waals surface area (Å²) in [6.07, 6.45) is 4.32. The minimum absolute atomic E-state index is 0.110. The number of carboxylic acids is 1. The van der Waals surface area contributed by atoms with Gasteiger partial charge in [-0.15, -0.1) is 0 Å². The minimum atomic E-state index is -0.766. The van der Waals surface area contributed by atoms with Gasteiger partial charge in [0.15, 0.2) is 0 Å². The van der Waals surface area contributed by atoms with Crippen molar-refractivity contribution in [2.24, 2.45) is 5.41 Å². The van der Waals surface area contributed by atoms with E-state index in [1.807, 2.05) is 16.7 Å². The Bertz CT molecular complexity index is 396. The zero-order valence-electron chi connectivity index (χ0n) is 12.9. The number of carbonyl (C=O) groups is 2. The molecular weight excluding hydrogens is 288 g/mol. The van der Waals surface area contributed by atoms with Crippen molar-refractivity contribution < 1.29 is 14.7 Å². The van der Waals surface area contributed by atoms with Crippen LogP contribution in [0.4, 0.5) is 4.79 Å². The van der Waals surface area contributed by atoms with Gasteiger partial charge in [0, 0.05) is 30.1 Å². The smallest absolute Gasteiger partial charge is 0.317 e. The fourth-order valence-electron chi connectivity index (χ4n) is 3.26. The van der Waals surface area contributed by atoms with Crippen LogP contribution in [0.15, 0.2) is 0 Å². The van der Waals surface area contributed by atoms with E-state index in [1.165, 1.54) is 0 Å². The molecule has 2 rings (SSSR count). The van der Waals surface area contributed by atoms with Gasteiger partial charge in [0.1, 0.15) is 0 Å². The largest absolute Gasteiger partial charge is 0.481 e. The predicted octanol–water partition coefficient (Wildman–Crippen LogP) is 2.56. The van der Waals surface area contributed by atoms with Crippen LogP contribution in [0.5, 0.6) is 0 Å². The molecule has 0 bridgehead atoms. The Hall–Kier alpha value is -0.910. The first-order valence-electron chi connectivity index (χ1n) is 7.86. The lowest BCUT2D eigenvalue weighted by molar-refractivity contribution is -0.150. The highest BCUT2D eigenvalue weighted by Crippen LogP contribution is 2.36. The molecule has 1 heterocycles. The summed E-state index contributed by atoms with van der Waals surface area (Å²) in [4.78, 5) is 25.8. The molecule has 2 N–H and O–H groups in total. The van der Waals surface area contributed by atoms with E-state index in [1.54, 1.807) is 0 Å². The van der Waals surface area contributed by atoms with Crippen LogP contribution in [0.1, 0.15) is 46.0 Å².